The van der Waals surface area contributed by atoms with Gasteiger partial charge in [-0.05, 0) is 18.6 Å². The molecule has 0 aliphatic carbocycles. The van der Waals surface area contributed by atoms with Crippen molar-refractivity contribution in [3.8, 4) is 11.3 Å². The first-order valence-electron chi connectivity index (χ1n) is 6.68. The molecule has 4 nitrogen and oxygen atoms in total. The first-order valence-corrected chi connectivity index (χ1v) is 6.68. The second-order valence-corrected chi connectivity index (χ2v) is 5.15. The SMILES string of the molecule is Cc1ccc(-c2[nH]nc3c2CNCC3)c2cc[nH]c12. The summed E-state index contributed by atoms with van der Waals surface area (Å²) in [6.45, 7) is 4.05. The number of aromatic amines is 2. The van der Waals surface area contributed by atoms with Crippen molar-refractivity contribution >= 4 is 10.9 Å². The third kappa shape index (κ3) is 1.53. The summed E-state index contributed by atoms with van der Waals surface area (Å²) in [5.74, 6) is 0. The van der Waals surface area contributed by atoms with Crippen LogP contribution < -0.4 is 5.32 Å². The van der Waals surface area contributed by atoms with Gasteiger partial charge in [0.25, 0.3) is 0 Å². The summed E-state index contributed by atoms with van der Waals surface area (Å²) in [5, 5.41) is 12.4. The van der Waals surface area contributed by atoms with Crippen LogP contribution in [0.1, 0.15) is 16.8 Å². The Balaban J connectivity index is 1.98. The molecule has 3 aromatic rings. The van der Waals surface area contributed by atoms with Gasteiger partial charge in [-0.25, -0.2) is 0 Å². The van der Waals surface area contributed by atoms with Crippen molar-refractivity contribution < 1.29 is 0 Å². The van der Waals surface area contributed by atoms with Crippen molar-refractivity contribution in [3.63, 3.8) is 0 Å². The number of fused-ring (bicyclic) bond motifs is 2. The minimum Gasteiger partial charge on any atom is -0.361 e. The van der Waals surface area contributed by atoms with E-state index in [-0.39, 0.29) is 0 Å². The molecule has 4 rings (SSSR count). The summed E-state index contributed by atoms with van der Waals surface area (Å²) in [4.78, 5) is 3.32. The molecule has 0 saturated carbocycles. The quantitative estimate of drug-likeness (QED) is 0.623. The first-order chi connectivity index (χ1) is 9.34. The second-order valence-electron chi connectivity index (χ2n) is 5.15. The normalized spacial score (nSPS) is 14.8. The van der Waals surface area contributed by atoms with E-state index in [1.54, 1.807) is 0 Å². The minimum absolute atomic E-state index is 0.904. The molecule has 1 aliphatic heterocycles. The van der Waals surface area contributed by atoms with E-state index in [2.05, 4.69) is 45.6 Å². The molecule has 2 aromatic heterocycles. The van der Waals surface area contributed by atoms with Crippen molar-refractivity contribution in [3.05, 3.63) is 41.2 Å². The highest BCUT2D eigenvalue weighted by Crippen LogP contribution is 2.32. The van der Waals surface area contributed by atoms with Crippen molar-refractivity contribution in [1.82, 2.24) is 20.5 Å². The predicted molar refractivity (Wildman–Crippen MR) is 76.0 cm³/mol. The number of nitrogens with zero attached hydrogens (tertiary/aromatic N) is 1. The van der Waals surface area contributed by atoms with Crippen molar-refractivity contribution in [2.75, 3.05) is 6.54 Å². The molecular formula is C15H16N4. The molecule has 3 heterocycles. The summed E-state index contributed by atoms with van der Waals surface area (Å²) in [6, 6.07) is 6.49. The Morgan fingerprint density at radius 1 is 1.21 bits per heavy atom. The Labute approximate surface area is 111 Å². The molecule has 0 radical (unpaired) electrons. The Bertz CT molecular complexity index is 751. The van der Waals surface area contributed by atoms with Crippen LogP contribution in [-0.4, -0.2) is 21.7 Å². The van der Waals surface area contributed by atoms with E-state index in [1.807, 2.05) is 6.20 Å². The fourth-order valence-electron chi connectivity index (χ4n) is 2.96. The molecule has 4 heteroatoms. The summed E-state index contributed by atoms with van der Waals surface area (Å²) in [6.07, 6.45) is 3.01. The summed E-state index contributed by atoms with van der Waals surface area (Å²) in [7, 11) is 0. The van der Waals surface area contributed by atoms with Crippen LogP contribution in [0.3, 0.4) is 0 Å². The average molecular weight is 252 g/mol. The first kappa shape index (κ1) is 10.8. The van der Waals surface area contributed by atoms with Gasteiger partial charge in [-0.1, -0.05) is 12.1 Å². The van der Waals surface area contributed by atoms with Crippen molar-refractivity contribution in [2.45, 2.75) is 19.9 Å². The van der Waals surface area contributed by atoms with Crippen LogP contribution in [0.2, 0.25) is 0 Å². The second kappa shape index (κ2) is 3.96. The number of aryl methyl sites for hydroxylation is 1. The fourth-order valence-corrected chi connectivity index (χ4v) is 2.96. The van der Waals surface area contributed by atoms with Gasteiger partial charge in [-0.15, -0.1) is 0 Å². The van der Waals surface area contributed by atoms with E-state index in [0.717, 1.165) is 25.2 Å². The van der Waals surface area contributed by atoms with Crippen LogP contribution in [0.5, 0.6) is 0 Å². The van der Waals surface area contributed by atoms with Gasteiger partial charge < -0.3 is 10.3 Å². The molecule has 0 atom stereocenters. The molecule has 19 heavy (non-hydrogen) atoms. The van der Waals surface area contributed by atoms with Crippen LogP contribution in [-0.2, 0) is 13.0 Å². The molecule has 0 amide bonds. The number of rotatable bonds is 1. The minimum atomic E-state index is 0.904. The average Bonchev–Trinajstić information content (AvgIpc) is 3.06. The van der Waals surface area contributed by atoms with Gasteiger partial charge in [0, 0.05) is 47.7 Å². The Morgan fingerprint density at radius 2 is 2.16 bits per heavy atom. The van der Waals surface area contributed by atoms with Crippen LogP contribution in [0.25, 0.3) is 22.2 Å². The number of aromatic nitrogens is 3. The summed E-state index contributed by atoms with van der Waals surface area (Å²) >= 11 is 0. The number of H-pyrrole nitrogens is 2. The Morgan fingerprint density at radius 3 is 3.11 bits per heavy atom. The zero-order valence-electron chi connectivity index (χ0n) is 10.9. The summed E-state index contributed by atoms with van der Waals surface area (Å²) < 4.78 is 0. The van der Waals surface area contributed by atoms with E-state index in [4.69, 9.17) is 0 Å². The van der Waals surface area contributed by atoms with Gasteiger partial charge in [-0.3, -0.25) is 5.10 Å². The molecule has 0 spiro atoms. The van der Waals surface area contributed by atoms with E-state index >= 15 is 0 Å². The molecular weight excluding hydrogens is 236 g/mol. The lowest BCUT2D eigenvalue weighted by Gasteiger charge is -2.13. The van der Waals surface area contributed by atoms with Crippen LogP contribution in [0.4, 0.5) is 0 Å². The van der Waals surface area contributed by atoms with Gasteiger partial charge >= 0.3 is 0 Å². The van der Waals surface area contributed by atoms with Crippen molar-refractivity contribution in [2.24, 2.45) is 0 Å². The van der Waals surface area contributed by atoms with Crippen LogP contribution in [0.15, 0.2) is 24.4 Å². The van der Waals surface area contributed by atoms with Crippen LogP contribution in [0, 0.1) is 6.92 Å². The van der Waals surface area contributed by atoms with E-state index in [9.17, 15) is 0 Å². The topological polar surface area (TPSA) is 56.5 Å². The molecule has 3 N–H and O–H groups in total. The van der Waals surface area contributed by atoms with Crippen LogP contribution >= 0.6 is 0 Å². The highest BCUT2D eigenvalue weighted by molar-refractivity contribution is 5.96. The number of benzene rings is 1. The number of nitrogens with one attached hydrogen (secondary N) is 3. The van der Waals surface area contributed by atoms with Gasteiger partial charge in [-0.2, -0.15) is 5.10 Å². The molecule has 96 valence electrons. The number of hydrogen-bond donors (Lipinski definition) is 3. The lowest BCUT2D eigenvalue weighted by Crippen LogP contribution is -2.23. The van der Waals surface area contributed by atoms with E-state index in [0.29, 0.717) is 0 Å². The largest absolute Gasteiger partial charge is 0.361 e. The zero-order chi connectivity index (χ0) is 12.8. The van der Waals surface area contributed by atoms with Gasteiger partial charge in [0.1, 0.15) is 0 Å². The maximum atomic E-state index is 4.47. The summed E-state index contributed by atoms with van der Waals surface area (Å²) in [5.41, 5.74) is 7.40. The highest BCUT2D eigenvalue weighted by atomic mass is 15.1. The third-order valence-electron chi connectivity index (χ3n) is 3.99. The maximum Gasteiger partial charge on any atom is 0.0704 e. The third-order valence-corrected chi connectivity index (χ3v) is 3.99. The molecule has 1 aromatic carbocycles. The predicted octanol–water partition coefficient (Wildman–Crippen LogP) is 2.51. The maximum absolute atomic E-state index is 4.47. The van der Waals surface area contributed by atoms with Gasteiger partial charge in [0.15, 0.2) is 0 Å². The molecule has 1 aliphatic rings. The number of hydrogen-bond acceptors (Lipinski definition) is 2. The monoisotopic (exact) mass is 252 g/mol. The molecule has 0 fully saturated rings. The highest BCUT2D eigenvalue weighted by Gasteiger charge is 2.19. The Hall–Kier alpha value is -2.07. The fraction of sp³-hybridized carbons (Fsp3) is 0.267. The van der Waals surface area contributed by atoms with E-state index < -0.39 is 0 Å². The van der Waals surface area contributed by atoms with Crippen molar-refractivity contribution in [1.29, 1.82) is 0 Å². The molecule has 0 bridgehead atoms. The molecule has 0 saturated heterocycles. The van der Waals surface area contributed by atoms with E-state index in [1.165, 1.54) is 33.3 Å². The smallest absolute Gasteiger partial charge is 0.0704 e. The lowest BCUT2D eigenvalue weighted by atomic mass is 9.98. The van der Waals surface area contributed by atoms with Gasteiger partial charge in [0.2, 0.25) is 0 Å². The Kier molecular flexibility index (Phi) is 2.26. The standard InChI is InChI=1S/C15H16N4/c1-9-2-3-10(11-4-7-17-14(9)11)15-12-8-16-6-5-13(12)18-19-15/h2-4,7,16-17H,5-6,8H2,1H3,(H,18,19). The lowest BCUT2D eigenvalue weighted by molar-refractivity contribution is 0.637. The molecule has 0 unspecified atom stereocenters. The zero-order valence-corrected chi connectivity index (χ0v) is 10.9. The van der Waals surface area contributed by atoms with Gasteiger partial charge in [0.05, 0.1) is 11.4 Å².